The van der Waals surface area contributed by atoms with Gasteiger partial charge in [-0.25, -0.2) is 4.98 Å². The van der Waals surface area contributed by atoms with Crippen LogP contribution in [0.25, 0.3) is 4.96 Å². The van der Waals surface area contributed by atoms with Gasteiger partial charge in [-0.05, 0) is 36.0 Å². The number of halogens is 1. The summed E-state index contributed by atoms with van der Waals surface area (Å²) in [5, 5.41) is 16.1. The van der Waals surface area contributed by atoms with Crippen molar-refractivity contribution in [2.24, 2.45) is 11.8 Å². The quantitative estimate of drug-likeness (QED) is 0.679. The van der Waals surface area contributed by atoms with Gasteiger partial charge in [0.05, 0.1) is 10.9 Å². The first-order valence-electron chi connectivity index (χ1n) is 9.53. The van der Waals surface area contributed by atoms with Crippen LogP contribution in [0.3, 0.4) is 0 Å². The van der Waals surface area contributed by atoms with Gasteiger partial charge in [0.15, 0.2) is 5.82 Å². The predicted molar refractivity (Wildman–Crippen MR) is 110 cm³/mol. The Hall–Kier alpha value is -1.63. The lowest BCUT2D eigenvalue weighted by atomic mass is 9.89. The van der Waals surface area contributed by atoms with Crippen molar-refractivity contribution in [2.75, 3.05) is 13.1 Å². The van der Waals surface area contributed by atoms with E-state index in [9.17, 15) is 5.11 Å². The van der Waals surface area contributed by atoms with Crippen LogP contribution in [-0.4, -0.2) is 37.7 Å². The Balaban J connectivity index is 1.81. The van der Waals surface area contributed by atoms with Gasteiger partial charge in [0.1, 0.15) is 0 Å². The minimum Gasteiger partial charge on any atom is -0.492 e. The molecule has 1 aliphatic rings. The van der Waals surface area contributed by atoms with E-state index in [-0.39, 0.29) is 11.9 Å². The number of benzene rings is 1. The number of aromatic hydroxyl groups is 1. The van der Waals surface area contributed by atoms with E-state index in [0.29, 0.717) is 11.8 Å². The monoisotopic (exact) mass is 404 g/mol. The molecule has 0 amide bonds. The largest absolute Gasteiger partial charge is 0.492 e. The molecule has 3 heterocycles. The van der Waals surface area contributed by atoms with Gasteiger partial charge < -0.3 is 5.11 Å². The van der Waals surface area contributed by atoms with Gasteiger partial charge in [0.2, 0.25) is 10.8 Å². The van der Waals surface area contributed by atoms with Crippen LogP contribution < -0.4 is 0 Å². The maximum absolute atomic E-state index is 11.0. The summed E-state index contributed by atoms with van der Waals surface area (Å²) in [6.45, 7) is 8.63. The molecule has 2 aromatic heterocycles. The predicted octanol–water partition coefficient (Wildman–Crippen LogP) is 4.78. The lowest BCUT2D eigenvalue weighted by molar-refractivity contribution is 0.112. The molecular formula is C20H25ClN4OS. The van der Waals surface area contributed by atoms with Gasteiger partial charge in [0.25, 0.3) is 0 Å². The second kappa shape index (κ2) is 7.41. The average molecular weight is 405 g/mol. The summed E-state index contributed by atoms with van der Waals surface area (Å²) in [6, 6.07) is 7.94. The molecule has 27 heavy (non-hydrogen) atoms. The average Bonchev–Trinajstić information content (AvgIpc) is 3.16. The Bertz CT molecular complexity index is 926. The molecule has 3 aromatic rings. The van der Waals surface area contributed by atoms with Crippen LogP contribution in [0.15, 0.2) is 24.3 Å². The second-order valence-corrected chi connectivity index (χ2v) is 9.17. The highest BCUT2D eigenvalue weighted by Crippen LogP contribution is 2.42. The van der Waals surface area contributed by atoms with Gasteiger partial charge in [0, 0.05) is 24.5 Å². The number of fused-ring (bicyclic) bond motifs is 1. The van der Waals surface area contributed by atoms with E-state index in [1.165, 1.54) is 17.8 Å². The third-order valence-electron chi connectivity index (χ3n) is 5.26. The summed E-state index contributed by atoms with van der Waals surface area (Å²) >= 11 is 7.65. The number of hydrogen-bond acceptors (Lipinski definition) is 5. The molecule has 0 aliphatic carbocycles. The fourth-order valence-electron chi connectivity index (χ4n) is 4.21. The van der Waals surface area contributed by atoms with Crippen LogP contribution in [0.1, 0.15) is 49.5 Å². The highest BCUT2D eigenvalue weighted by molar-refractivity contribution is 7.17. The van der Waals surface area contributed by atoms with Crippen LogP contribution in [0, 0.1) is 11.8 Å². The first kappa shape index (κ1) is 18.7. The second-order valence-electron chi connectivity index (χ2n) is 7.72. The molecule has 1 aromatic carbocycles. The van der Waals surface area contributed by atoms with Gasteiger partial charge in [-0.15, -0.1) is 5.10 Å². The van der Waals surface area contributed by atoms with Crippen molar-refractivity contribution in [1.29, 1.82) is 0 Å². The van der Waals surface area contributed by atoms with Crippen molar-refractivity contribution < 1.29 is 5.11 Å². The molecule has 1 fully saturated rings. The van der Waals surface area contributed by atoms with E-state index >= 15 is 0 Å². The number of hydrogen-bond donors (Lipinski definition) is 1. The van der Waals surface area contributed by atoms with E-state index in [1.807, 2.05) is 19.1 Å². The maximum Gasteiger partial charge on any atom is 0.230 e. The molecule has 1 N–H and O–H groups in total. The Morgan fingerprint density at radius 3 is 2.48 bits per heavy atom. The third kappa shape index (κ3) is 3.58. The number of thiazole rings is 1. The molecule has 5 nitrogen and oxygen atoms in total. The minimum absolute atomic E-state index is 0.0222. The summed E-state index contributed by atoms with van der Waals surface area (Å²) in [6.07, 6.45) is 2.00. The first-order chi connectivity index (χ1) is 13.0. The van der Waals surface area contributed by atoms with Crippen molar-refractivity contribution in [3.8, 4) is 5.88 Å². The molecule has 4 rings (SSSR count). The lowest BCUT2D eigenvalue weighted by Crippen LogP contribution is -2.41. The van der Waals surface area contributed by atoms with E-state index in [2.05, 4.69) is 41.0 Å². The van der Waals surface area contributed by atoms with Crippen LogP contribution >= 0.6 is 22.9 Å². The summed E-state index contributed by atoms with van der Waals surface area (Å²) in [4.78, 5) is 8.67. The van der Waals surface area contributed by atoms with Gasteiger partial charge in [-0.1, -0.05) is 55.8 Å². The maximum atomic E-state index is 11.0. The fourth-order valence-corrected chi connectivity index (χ4v) is 5.48. The third-order valence-corrected chi connectivity index (χ3v) is 6.58. The zero-order chi connectivity index (χ0) is 19.1. The minimum atomic E-state index is -0.0222. The van der Waals surface area contributed by atoms with Crippen molar-refractivity contribution in [3.05, 3.63) is 45.6 Å². The van der Waals surface area contributed by atoms with E-state index in [0.717, 1.165) is 45.8 Å². The fraction of sp³-hybridized carbons (Fsp3) is 0.500. The Morgan fingerprint density at radius 1 is 1.22 bits per heavy atom. The molecule has 0 radical (unpaired) electrons. The number of nitrogens with zero attached hydrogens (tertiary/aromatic N) is 4. The molecule has 144 valence electrons. The molecule has 3 unspecified atom stereocenters. The van der Waals surface area contributed by atoms with E-state index in [4.69, 9.17) is 11.6 Å². The van der Waals surface area contributed by atoms with Crippen LogP contribution in [-0.2, 0) is 6.42 Å². The summed E-state index contributed by atoms with van der Waals surface area (Å²) < 4.78 is 1.58. The Morgan fingerprint density at radius 2 is 1.89 bits per heavy atom. The highest BCUT2D eigenvalue weighted by Gasteiger charge is 2.33. The first-order valence-corrected chi connectivity index (χ1v) is 10.7. The molecule has 0 bridgehead atoms. The standard InChI is InChI=1S/C20H25ClN4OS/c1-4-16-22-20-25(23-16)19(26)18(27-20)17(14-5-7-15(21)8-6-14)24-10-12(2)9-13(3)11-24/h5-8,12-13,17,26H,4,9-11H2,1-3H3. The molecular weight excluding hydrogens is 380 g/mol. The van der Waals surface area contributed by atoms with Crippen molar-refractivity contribution in [2.45, 2.75) is 39.7 Å². The molecule has 0 spiro atoms. The highest BCUT2D eigenvalue weighted by atomic mass is 35.5. The zero-order valence-electron chi connectivity index (χ0n) is 15.9. The molecule has 1 saturated heterocycles. The summed E-state index contributed by atoms with van der Waals surface area (Å²) in [5.74, 6) is 2.21. The lowest BCUT2D eigenvalue weighted by Gasteiger charge is -2.40. The summed E-state index contributed by atoms with van der Waals surface area (Å²) in [7, 11) is 0. The van der Waals surface area contributed by atoms with Crippen molar-refractivity contribution in [1.82, 2.24) is 19.5 Å². The van der Waals surface area contributed by atoms with Gasteiger partial charge in [-0.3, -0.25) is 4.90 Å². The van der Waals surface area contributed by atoms with Crippen molar-refractivity contribution in [3.63, 3.8) is 0 Å². The number of aryl methyl sites for hydroxylation is 1. The molecule has 0 saturated carbocycles. The normalized spacial score (nSPS) is 22.4. The number of rotatable bonds is 4. The van der Waals surface area contributed by atoms with E-state index < -0.39 is 0 Å². The molecule has 7 heteroatoms. The van der Waals surface area contributed by atoms with Crippen LogP contribution in [0.4, 0.5) is 0 Å². The molecule has 1 aliphatic heterocycles. The topological polar surface area (TPSA) is 53.7 Å². The number of likely N-dealkylation sites (tertiary alicyclic amines) is 1. The Kier molecular flexibility index (Phi) is 5.14. The van der Waals surface area contributed by atoms with Gasteiger partial charge >= 0.3 is 0 Å². The number of piperidine rings is 1. The van der Waals surface area contributed by atoms with Crippen LogP contribution in [0.2, 0.25) is 5.02 Å². The van der Waals surface area contributed by atoms with Gasteiger partial charge in [-0.2, -0.15) is 4.52 Å². The number of aromatic nitrogens is 3. The smallest absolute Gasteiger partial charge is 0.230 e. The summed E-state index contributed by atoms with van der Waals surface area (Å²) in [5.41, 5.74) is 1.14. The Labute approximate surface area is 168 Å². The van der Waals surface area contributed by atoms with Crippen LogP contribution in [0.5, 0.6) is 5.88 Å². The zero-order valence-corrected chi connectivity index (χ0v) is 17.5. The van der Waals surface area contributed by atoms with Crippen molar-refractivity contribution >= 4 is 27.9 Å². The SMILES string of the molecule is CCc1nc2sc(C(c3ccc(Cl)cc3)N3CC(C)CC(C)C3)c(O)n2n1. The van der Waals surface area contributed by atoms with E-state index in [1.54, 1.807) is 4.52 Å². The molecule has 3 atom stereocenters.